The second-order valence-corrected chi connectivity index (χ2v) is 4.20. The van der Waals surface area contributed by atoms with E-state index >= 15 is 0 Å². The summed E-state index contributed by atoms with van der Waals surface area (Å²) in [4.78, 5) is 27.0. The number of nitrogens with zero attached hydrogens (tertiary/aromatic N) is 1. The molecule has 0 unspecified atom stereocenters. The summed E-state index contributed by atoms with van der Waals surface area (Å²) >= 11 is 0. The van der Waals surface area contributed by atoms with Crippen LogP contribution in [-0.4, -0.2) is 23.4 Å². The molecule has 0 atom stereocenters. The predicted molar refractivity (Wildman–Crippen MR) is 75.9 cm³/mol. The van der Waals surface area contributed by atoms with Crippen molar-refractivity contribution in [2.24, 2.45) is 0 Å². The van der Waals surface area contributed by atoms with E-state index in [2.05, 4.69) is 15.8 Å². The molecule has 1 aromatic heterocycles. The van der Waals surface area contributed by atoms with Crippen molar-refractivity contribution in [1.29, 1.82) is 0 Å². The summed E-state index contributed by atoms with van der Waals surface area (Å²) in [7, 11) is 0. The van der Waals surface area contributed by atoms with Gasteiger partial charge in [-0.25, -0.2) is 0 Å². The predicted octanol–water partition coefficient (Wildman–Crippen LogP) is 1.06. The van der Waals surface area contributed by atoms with Crippen molar-refractivity contribution in [3.63, 3.8) is 0 Å². The van der Waals surface area contributed by atoms with E-state index in [0.29, 0.717) is 6.61 Å². The molecule has 2 aromatic rings. The van der Waals surface area contributed by atoms with Gasteiger partial charge in [0.25, 0.3) is 11.8 Å². The first-order chi connectivity index (χ1) is 10.3. The third kappa shape index (κ3) is 5.04. The summed E-state index contributed by atoms with van der Waals surface area (Å²) in [6.45, 7) is 0.194. The normalized spacial score (nSPS) is 9.90. The van der Waals surface area contributed by atoms with Crippen LogP contribution in [0.3, 0.4) is 0 Å². The molecule has 6 heteroatoms. The molecule has 21 heavy (non-hydrogen) atoms. The summed E-state index contributed by atoms with van der Waals surface area (Å²) in [5.41, 5.74) is 5.73. The second-order valence-electron chi connectivity index (χ2n) is 4.20. The van der Waals surface area contributed by atoms with Gasteiger partial charge in [-0.05, 0) is 17.7 Å². The van der Waals surface area contributed by atoms with Crippen LogP contribution in [0.25, 0.3) is 0 Å². The van der Waals surface area contributed by atoms with E-state index in [1.54, 1.807) is 18.2 Å². The molecule has 0 aliphatic heterocycles. The first-order valence-corrected chi connectivity index (χ1v) is 6.37. The lowest BCUT2D eigenvalue weighted by Crippen LogP contribution is -2.43. The third-order valence-corrected chi connectivity index (χ3v) is 2.56. The fourth-order valence-corrected chi connectivity index (χ4v) is 1.56. The standard InChI is InChI=1S/C15H15N3O3/c19-14(11-21-10-12-6-2-1-3-7-12)17-18-15(20)13-8-4-5-9-16-13/h1-9H,10-11H2,(H,17,19)(H,18,20). The number of rotatable bonds is 5. The Labute approximate surface area is 122 Å². The number of amides is 2. The Morgan fingerprint density at radius 2 is 1.76 bits per heavy atom. The van der Waals surface area contributed by atoms with Gasteiger partial charge in [0.05, 0.1) is 6.61 Å². The Balaban J connectivity index is 1.67. The summed E-state index contributed by atoms with van der Waals surface area (Å²) in [5.74, 6) is -0.915. The van der Waals surface area contributed by atoms with Crippen molar-refractivity contribution in [2.45, 2.75) is 6.61 Å². The van der Waals surface area contributed by atoms with Crippen LogP contribution in [-0.2, 0) is 16.1 Å². The van der Waals surface area contributed by atoms with Gasteiger partial charge in [0.15, 0.2) is 0 Å². The van der Waals surface area contributed by atoms with Crippen molar-refractivity contribution in [3.8, 4) is 0 Å². The monoisotopic (exact) mass is 285 g/mol. The maximum atomic E-state index is 11.6. The summed E-state index contributed by atoms with van der Waals surface area (Å²) in [6.07, 6.45) is 1.50. The highest BCUT2D eigenvalue weighted by Crippen LogP contribution is 1.99. The highest BCUT2D eigenvalue weighted by molar-refractivity contribution is 5.93. The van der Waals surface area contributed by atoms with E-state index in [4.69, 9.17) is 4.74 Å². The number of carbonyl (C=O) groups excluding carboxylic acids is 2. The zero-order valence-corrected chi connectivity index (χ0v) is 11.3. The van der Waals surface area contributed by atoms with Gasteiger partial charge >= 0.3 is 0 Å². The summed E-state index contributed by atoms with van der Waals surface area (Å²) in [6, 6.07) is 14.4. The number of pyridine rings is 1. The average molecular weight is 285 g/mol. The lowest BCUT2D eigenvalue weighted by molar-refractivity contribution is -0.126. The molecule has 0 spiro atoms. The molecule has 0 saturated heterocycles. The zero-order valence-electron chi connectivity index (χ0n) is 11.3. The third-order valence-electron chi connectivity index (χ3n) is 2.56. The lowest BCUT2D eigenvalue weighted by Gasteiger charge is -2.07. The maximum Gasteiger partial charge on any atom is 0.288 e. The minimum absolute atomic E-state index is 0.141. The molecule has 1 heterocycles. The molecule has 0 aliphatic rings. The molecule has 0 bridgehead atoms. The molecule has 1 aromatic carbocycles. The molecular weight excluding hydrogens is 270 g/mol. The summed E-state index contributed by atoms with van der Waals surface area (Å²) in [5, 5.41) is 0. The molecule has 108 valence electrons. The van der Waals surface area contributed by atoms with E-state index in [0.717, 1.165) is 5.56 Å². The molecule has 0 radical (unpaired) electrons. The quantitative estimate of drug-likeness (QED) is 0.805. The number of nitrogens with one attached hydrogen (secondary N) is 2. The number of benzene rings is 1. The van der Waals surface area contributed by atoms with Gasteiger partial charge in [0.1, 0.15) is 12.3 Å². The molecule has 2 amide bonds. The van der Waals surface area contributed by atoms with Gasteiger partial charge in [-0.1, -0.05) is 36.4 Å². The highest BCUT2D eigenvalue weighted by Gasteiger charge is 2.07. The van der Waals surface area contributed by atoms with Crippen molar-refractivity contribution >= 4 is 11.8 Å². The van der Waals surface area contributed by atoms with E-state index in [1.165, 1.54) is 6.20 Å². The van der Waals surface area contributed by atoms with Crippen LogP contribution >= 0.6 is 0 Å². The first-order valence-electron chi connectivity index (χ1n) is 6.37. The molecule has 6 nitrogen and oxygen atoms in total. The van der Waals surface area contributed by atoms with Crippen LogP contribution in [0.4, 0.5) is 0 Å². The first kappa shape index (κ1) is 14.7. The number of hydrazine groups is 1. The lowest BCUT2D eigenvalue weighted by atomic mass is 10.2. The molecule has 2 N–H and O–H groups in total. The van der Waals surface area contributed by atoms with E-state index in [-0.39, 0.29) is 12.3 Å². The number of hydrogen-bond donors (Lipinski definition) is 2. The molecular formula is C15H15N3O3. The average Bonchev–Trinajstić information content (AvgIpc) is 2.54. The minimum atomic E-state index is -0.480. The van der Waals surface area contributed by atoms with Gasteiger partial charge in [0.2, 0.25) is 0 Å². The van der Waals surface area contributed by atoms with Crippen LogP contribution in [0.5, 0.6) is 0 Å². The van der Waals surface area contributed by atoms with Crippen LogP contribution < -0.4 is 10.9 Å². The van der Waals surface area contributed by atoms with Crippen LogP contribution in [0.15, 0.2) is 54.7 Å². The SMILES string of the molecule is O=C(COCc1ccccc1)NNC(=O)c1ccccn1. The zero-order chi connectivity index (χ0) is 14.9. The maximum absolute atomic E-state index is 11.6. The number of aromatic nitrogens is 1. The fourth-order valence-electron chi connectivity index (χ4n) is 1.56. The van der Waals surface area contributed by atoms with E-state index < -0.39 is 11.8 Å². The molecule has 0 saturated carbocycles. The Morgan fingerprint density at radius 1 is 1.00 bits per heavy atom. The van der Waals surface area contributed by atoms with Gasteiger partial charge in [-0.15, -0.1) is 0 Å². The Hall–Kier alpha value is -2.73. The van der Waals surface area contributed by atoms with Crippen molar-refractivity contribution < 1.29 is 14.3 Å². The Bertz CT molecular complexity index is 588. The number of ether oxygens (including phenoxy) is 1. The minimum Gasteiger partial charge on any atom is -0.367 e. The molecule has 2 rings (SSSR count). The van der Waals surface area contributed by atoms with Crippen LogP contribution in [0.1, 0.15) is 16.1 Å². The Morgan fingerprint density at radius 3 is 2.48 bits per heavy atom. The van der Waals surface area contributed by atoms with E-state index in [1.807, 2.05) is 30.3 Å². The Kier molecular flexibility index (Phi) is 5.42. The second kappa shape index (κ2) is 7.76. The van der Waals surface area contributed by atoms with Gasteiger partial charge < -0.3 is 4.74 Å². The number of carbonyl (C=O) groups is 2. The smallest absolute Gasteiger partial charge is 0.288 e. The van der Waals surface area contributed by atoms with Crippen molar-refractivity contribution in [2.75, 3.05) is 6.61 Å². The topological polar surface area (TPSA) is 80.3 Å². The highest BCUT2D eigenvalue weighted by atomic mass is 16.5. The van der Waals surface area contributed by atoms with Crippen molar-refractivity contribution in [1.82, 2.24) is 15.8 Å². The summed E-state index contributed by atoms with van der Waals surface area (Å²) < 4.78 is 5.24. The van der Waals surface area contributed by atoms with Gasteiger partial charge in [-0.2, -0.15) is 0 Å². The van der Waals surface area contributed by atoms with Crippen molar-refractivity contribution in [3.05, 3.63) is 66.0 Å². The fraction of sp³-hybridized carbons (Fsp3) is 0.133. The van der Waals surface area contributed by atoms with Crippen LogP contribution in [0, 0.1) is 0 Å². The van der Waals surface area contributed by atoms with E-state index in [9.17, 15) is 9.59 Å². The van der Waals surface area contributed by atoms with Gasteiger partial charge in [0, 0.05) is 6.20 Å². The van der Waals surface area contributed by atoms with Crippen LogP contribution in [0.2, 0.25) is 0 Å². The number of hydrogen-bond acceptors (Lipinski definition) is 4. The van der Waals surface area contributed by atoms with Gasteiger partial charge in [-0.3, -0.25) is 25.4 Å². The molecule has 0 aliphatic carbocycles. The molecule has 0 fully saturated rings. The largest absolute Gasteiger partial charge is 0.367 e.